The number of nitrogens with two attached hydrogens (primary N) is 1. The lowest BCUT2D eigenvalue weighted by molar-refractivity contribution is -0.138. The Labute approximate surface area is 82.7 Å². The van der Waals surface area contributed by atoms with Crippen molar-refractivity contribution in [1.29, 1.82) is 0 Å². The van der Waals surface area contributed by atoms with Gasteiger partial charge in [-0.05, 0) is 19.1 Å². The number of Topliss-reactive ketones (excluding diaryl/α,β-unsaturated/α-hetero) is 1. The zero-order chi connectivity index (χ0) is 11.8. The average Bonchev–Trinajstić information content (AvgIpc) is 1.99. The zero-order valence-corrected chi connectivity index (χ0v) is 7.65. The van der Waals surface area contributed by atoms with E-state index in [-0.39, 0.29) is 5.69 Å². The number of benzene rings is 1. The Morgan fingerprint density at radius 2 is 1.87 bits per heavy atom. The summed E-state index contributed by atoms with van der Waals surface area (Å²) in [5.41, 5.74) is 2.39. The molecule has 0 saturated carbocycles. The van der Waals surface area contributed by atoms with E-state index >= 15 is 0 Å². The molecule has 1 aromatic rings. The maximum atomic E-state index is 13.1. The molecule has 0 aliphatic heterocycles. The second-order valence-electron chi connectivity index (χ2n) is 2.98. The third-order valence-corrected chi connectivity index (χ3v) is 1.77. The maximum absolute atomic E-state index is 13.1. The number of carbonyl (C=O) groups excluding carboxylic acids is 1. The van der Waals surface area contributed by atoms with E-state index in [9.17, 15) is 22.4 Å². The van der Waals surface area contributed by atoms with Crippen LogP contribution in [0.3, 0.4) is 0 Å². The summed E-state index contributed by atoms with van der Waals surface area (Å²) in [6.07, 6.45) is -4.79. The van der Waals surface area contributed by atoms with Crippen LogP contribution in [0.25, 0.3) is 0 Å². The standard InChI is InChI=1S/C9H7F4NO/c1-4(15)8-6(9(11,12)13)2-5(14)3-7(8)10/h2-3H,14H2,1H3. The SMILES string of the molecule is CC(=O)c1c(F)cc(N)cc1C(F)(F)F. The molecule has 0 fully saturated rings. The van der Waals surface area contributed by atoms with Crippen LogP contribution in [0, 0.1) is 5.82 Å². The van der Waals surface area contributed by atoms with E-state index in [1.165, 1.54) is 0 Å². The van der Waals surface area contributed by atoms with Crippen molar-refractivity contribution in [2.45, 2.75) is 13.1 Å². The fourth-order valence-corrected chi connectivity index (χ4v) is 1.21. The van der Waals surface area contributed by atoms with Gasteiger partial charge >= 0.3 is 6.18 Å². The number of rotatable bonds is 1. The van der Waals surface area contributed by atoms with E-state index < -0.39 is 28.9 Å². The largest absolute Gasteiger partial charge is 0.417 e. The molecule has 0 unspecified atom stereocenters. The molecule has 0 aliphatic rings. The predicted octanol–water partition coefficient (Wildman–Crippen LogP) is 2.63. The highest BCUT2D eigenvalue weighted by Gasteiger charge is 2.36. The van der Waals surface area contributed by atoms with E-state index in [1.807, 2.05) is 0 Å². The first-order chi connectivity index (χ1) is 6.73. The third-order valence-electron chi connectivity index (χ3n) is 1.77. The van der Waals surface area contributed by atoms with E-state index in [0.29, 0.717) is 12.1 Å². The van der Waals surface area contributed by atoms with Gasteiger partial charge < -0.3 is 5.73 Å². The molecule has 2 N–H and O–H groups in total. The van der Waals surface area contributed by atoms with E-state index in [1.54, 1.807) is 0 Å². The van der Waals surface area contributed by atoms with Crippen LogP contribution in [0.1, 0.15) is 22.8 Å². The molecular weight excluding hydrogens is 214 g/mol. The lowest BCUT2D eigenvalue weighted by Crippen LogP contribution is -2.14. The monoisotopic (exact) mass is 221 g/mol. The number of ketones is 1. The van der Waals surface area contributed by atoms with Crippen LogP contribution >= 0.6 is 0 Å². The number of anilines is 1. The maximum Gasteiger partial charge on any atom is 0.417 e. The summed E-state index contributed by atoms with van der Waals surface area (Å²) in [5.74, 6) is -2.24. The van der Waals surface area contributed by atoms with Gasteiger partial charge in [0.15, 0.2) is 5.78 Å². The fourth-order valence-electron chi connectivity index (χ4n) is 1.21. The summed E-state index contributed by atoms with van der Waals surface area (Å²) in [4.78, 5) is 10.9. The van der Waals surface area contributed by atoms with Gasteiger partial charge in [-0.3, -0.25) is 4.79 Å². The lowest BCUT2D eigenvalue weighted by Gasteiger charge is -2.12. The second kappa shape index (κ2) is 3.52. The summed E-state index contributed by atoms with van der Waals surface area (Å²) < 4.78 is 50.3. The Morgan fingerprint density at radius 3 is 2.27 bits per heavy atom. The molecule has 82 valence electrons. The van der Waals surface area contributed by atoms with Gasteiger partial charge in [0.25, 0.3) is 0 Å². The molecule has 1 rings (SSSR count). The Balaban J connectivity index is 3.54. The number of nitrogen functional groups attached to an aromatic ring is 1. The summed E-state index contributed by atoms with van der Waals surface area (Å²) >= 11 is 0. The minimum absolute atomic E-state index is 0.371. The van der Waals surface area contributed by atoms with Gasteiger partial charge in [-0.1, -0.05) is 0 Å². The normalized spacial score (nSPS) is 11.5. The molecule has 0 amide bonds. The predicted molar refractivity (Wildman–Crippen MR) is 45.8 cm³/mol. The van der Waals surface area contributed by atoms with Crippen molar-refractivity contribution in [1.82, 2.24) is 0 Å². The summed E-state index contributed by atoms with van der Waals surface area (Å²) in [6.45, 7) is 0.865. The van der Waals surface area contributed by atoms with E-state index in [0.717, 1.165) is 6.92 Å². The molecule has 0 atom stereocenters. The molecule has 0 aromatic heterocycles. The van der Waals surface area contributed by atoms with Gasteiger partial charge in [0.1, 0.15) is 5.82 Å². The van der Waals surface area contributed by atoms with Crippen molar-refractivity contribution in [2.75, 3.05) is 5.73 Å². The molecule has 0 aliphatic carbocycles. The van der Waals surface area contributed by atoms with Crippen LogP contribution < -0.4 is 5.73 Å². The van der Waals surface area contributed by atoms with Crippen molar-refractivity contribution in [3.63, 3.8) is 0 Å². The lowest BCUT2D eigenvalue weighted by atomic mass is 10.0. The molecule has 0 radical (unpaired) electrons. The van der Waals surface area contributed by atoms with Gasteiger partial charge in [-0.15, -0.1) is 0 Å². The van der Waals surface area contributed by atoms with Gasteiger partial charge in [0.2, 0.25) is 0 Å². The Hall–Kier alpha value is -1.59. The molecule has 6 heteroatoms. The van der Waals surface area contributed by atoms with Crippen LogP contribution in [0.15, 0.2) is 12.1 Å². The zero-order valence-electron chi connectivity index (χ0n) is 7.65. The highest BCUT2D eigenvalue weighted by atomic mass is 19.4. The van der Waals surface area contributed by atoms with E-state index in [4.69, 9.17) is 5.73 Å². The molecule has 1 aromatic carbocycles. The number of halogens is 4. The Bertz CT molecular complexity index is 411. The summed E-state index contributed by atoms with van der Waals surface area (Å²) in [5, 5.41) is 0. The summed E-state index contributed by atoms with van der Waals surface area (Å²) in [6, 6.07) is 1.23. The number of carbonyl (C=O) groups is 1. The Kier molecular flexibility index (Phi) is 2.70. The van der Waals surface area contributed by atoms with Crippen LogP contribution in [-0.2, 0) is 6.18 Å². The van der Waals surface area contributed by atoms with Crippen molar-refractivity contribution >= 4 is 11.5 Å². The first-order valence-electron chi connectivity index (χ1n) is 3.90. The minimum Gasteiger partial charge on any atom is -0.399 e. The molecule has 0 bridgehead atoms. The first-order valence-corrected chi connectivity index (χ1v) is 3.90. The van der Waals surface area contributed by atoms with Crippen molar-refractivity contribution in [3.05, 3.63) is 29.1 Å². The number of alkyl halides is 3. The van der Waals surface area contributed by atoms with Crippen LogP contribution in [0.5, 0.6) is 0 Å². The quantitative estimate of drug-likeness (QED) is 0.450. The smallest absolute Gasteiger partial charge is 0.399 e. The molecule has 0 saturated heterocycles. The molecular formula is C9H7F4NO. The van der Waals surface area contributed by atoms with Crippen LogP contribution in [0.2, 0.25) is 0 Å². The van der Waals surface area contributed by atoms with Crippen molar-refractivity contribution in [3.8, 4) is 0 Å². The van der Waals surface area contributed by atoms with E-state index in [2.05, 4.69) is 0 Å². The molecule has 0 heterocycles. The average molecular weight is 221 g/mol. The third kappa shape index (κ3) is 2.26. The summed E-state index contributed by atoms with van der Waals surface area (Å²) in [7, 11) is 0. The minimum atomic E-state index is -4.79. The molecule has 2 nitrogen and oxygen atoms in total. The molecule has 15 heavy (non-hydrogen) atoms. The topological polar surface area (TPSA) is 43.1 Å². The fraction of sp³-hybridized carbons (Fsp3) is 0.222. The number of hydrogen-bond donors (Lipinski definition) is 1. The van der Waals surface area contributed by atoms with Crippen LogP contribution in [0.4, 0.5) is 23.2 Å². The highest BCUT2D eigenvalue weighted by molar-refractivity contribution is 5.96. The first kappa shape index (κ1) is 11.5. The van der Waals surface area contributed by atoms with Crippen molar-refractivity contribution < 1.29 is 22.4 Å². The second-order valence-corrected chi connectivity index (χ2v) is 2.98. The van der Waals surface area contributed by atoms with Gasteiger partial charge in [0.05, 0.1) is 11.1 Å². The molecule has 0 spiro atoms. The van der Waals surface area contributed by atoms with Gasteiger partial charge in [0, 0.05) is 5.69 Å². The Morgan fingerprint density at radius 1 is 1.33 bits per heavy atom. The number of hydrogen-bond acceptors (Lipinski definition) is 2. The van der Waals surface area contributed by atoms with Crippen molar-refractivity contribution in [2.24, 2.45) is 0 Å². The van der Waals surface area contributed by atoms with Crippen LogP contribution in [-0.4, -0.2) is 5.78 Å². The van der Waals surface area contributed by atoms with Gasteiger partial charge in [-0.25, -0.2) is 4.39 Å². The van der Waals surface area contributed by atoms with Gasteiger partial charge in [-0.2, -0.15) is 13.2 Å². The highest BCUT2D eigenvalue weighted by Crippen LogP contribution is 2.34.